The Hall–Kier alpha value is -5.14. The Morgan fingerprint density at radius 3 is 2.24 bits per heavy atom. The van der Waals surface area contributed by atoms with E-state index in [1.54, 1.807) is 24.3 Å². The van der Waals surface area contributed by atoms with Gasteiger partial charge in [-0.25, -0.2) is 4.39 Å². The number of halogens is 1. The van der Waals surface area contributed by atoms with Crippen LogP contribution in [0.3, 0.4) is 0 Å². The number of rotatable bonds is 8. The van der Waals surface area contributed by atoms with Gasteiger partial charge in [0.2, 0.25) is 0 Å². The Morgan fingerprint density at radius 1 is 0.776 bits per heavy atom. The van der Waals surface area contributed by atoms with Crippen LogP contribution in [0.15, 0.2) is 144 Å². The third kappa shape index (κ3) is 8.95. The van der Waals surface area contributed by atoms with Crippen LogP contribution in [0.2, 0.25) is 17.3 Å². The molecule has 0 unspecified atom stereocenters. The van der Waals surface area contributed by atoms with Gasteiger partial charge < -0.3 is 8.98 Å². The number of imidazole rings is 1. The summed E-state index contributed by atoms with van der Waals surface area (Å²) in [6, 6.07) is 49.1. The molecule has 0 spiro atoms. The number of aryl methyl sites for hydroxylation is 1. The molecular weight excluding hydrogens is 954 g/mol. The van der Waals surface area contributed by atoms with Crippen molar-refractivity contribution >= 4 is 50.6 Å². The van der Waals surface area contributed by atoms with Crippen LogP contribution in [0.4, 0.5) is 4.39 Å². The fraction of sp³-hybridized carbons (Fsp3) is 0.176. The summed E-state index contributed by atoms with van der Waals surface area (Å²) in [6.07, 6.45) is 3.08. The number of aromatic nitrogens is 3. The molecule has 3 aromatic heterocycles. The normalized spacial score (nSPS) is 12.5. The third-order valence-electron chi connectivity index (χ3n) is 10.2. The van der Waals surface area contributed by atoms with Gasteiger partial charge in [-0.3, -0.25) is 4.98 Å². The fourth-order valence-corrected chi connectivity index (χ4v) is 10.7. The summed E-state index contributed by atoms with van der Waals surface area (Å²) >= 11 is -1.97. The zero-order chi connectivity index (χ0) is 42.2. The molecule has 7 heteroatoms. The van der Waals surface area contributed by atoms with Gasteiger partial charge in [-0.15, -0.1) is 23.8 Å². The number of hydrogen-bond acceptors (Lipinski definition) is 3. The van der Waals surface area contributed by atoms with Crippen molar-refractivity contribution in [1.29, 1.82) is 0 Å². The fourth-order valence-electron chi connectivity index (χ4n) is 7.41. The van der Waals surface area contributed by atoms with Gasteiger partial charge in [-0.1, -0.05) is 78.2 Å². The molecule has 0 amide bonds. The molecule has 9 rings (SSSR count). The van der Waals surface area contributed by atoms with E-state index < -0.39 is 20.1 Å². The summed E-state index contributed by atoms with van der Waals surface area (Å²) < 4.78 is 46.2. The van der Waals surface area contributed by atoms with E-state index in [0.29, 0.717) is 23.5 Å². The first-order valence-electron chi connectivity index (χ1n) is 20.9. The summed E-state index contributed by atoms with van der Waals surface area (Å²) in [7, 11) is 0. The van der Waals surface area contributed by atoms with Gasteiger partial charge in [0.05, 0.1) is 22.4 Å². The standard InChI is InChI=1S/C32H20FN2O.C19H26GeN.Ir/c33-25-13-15-29-28(19-25)34-32(35(29)20-21-7-3-1-4-8-21)24-12-16-30-27(17-24)26-14-11-23(18-31(26)36-30)22-9-5-2-6-10-22;1-14(2)11-17-12-19(16-9-7-15(3)8-10-16)21-13-18(17)20(4,5)6;/h1-11,13-19H,20H2;7-9,12-14H,11H2,1-6H3;/q2*-1;/i;3D3;. The zero-order valence-corrected chi connectivity index (χ0v) is 37.7. The van der Waals surface area contributed by atoms with Crippen molar-refractivity contribution in [3.8, 4) is 33.8 Å². The largest absolute Gasteiger partial charge is 0 e. The van der Waals surface area contributed by atoms with Gasteiger partial charge in [0.15, 0.2) is 0 Å². The quantitative estimate of drug-likeness (QED) is 0.113. The van der Waals surface area contributed by atoms with E-state index in [4.69, 9.17) is 13.5 Å². The molecule has 0 N–H and O–H groups in total. The first kappa shape index (κ1) is 37.2. The maximum absolute atomic E-state index is 14.0. The average Bonchev–Trinajstić information content (AvgIpc) is 3.77. The number of nitrogens with zero attached hydrogens (tertiary/aromatic N) is 3. The van der Waals surface area contributed by atoms with E-state index in [0.717, 1.165) is 73.2 Å². The minimum atomic E-state index is -2.09. The first-order valence-corrected chi connectivity index (χ1v) is 26.7. The van der Waals surface area contributed by atoms with Crippen LogP contribution < -0.4 is 4.40 Å². The van der Waals surface area contributed by atoms with Crippen LogP contribution >= 0.6 is 0 Å². The number of pyridine rings is 1. The molecule has 6 aromatic carbocycles. The molecule has 0 fully saturated rings. The van der Waals surface area contributed by atoms with E-state index >= 15 is 0 Å². The SMILES string of the molecule is Fc1ccc2c(c1)nc(-c1[c-]cc3oc4cc(-c5ccccc5)ccc4c3c1)n2Cc1ccccc1.[2H]C([2H])([2H])c1c[c-]c(-c2cc(CC(C)C)[c]([Ge]([CH3])([CH3])[CH3])cn2)cc1.[Ir]. The molecule has 4 nitrogen and oxygen atoms in total. The number of fused-ring (bicyclic) bond motifs is 4. The van der Waals surface area contributed by atoms with Crippen molar-refractivity contribution in [2.75, 3.05) is 0 Å². The second-order valence-electron chi connectivity index (χ2n) is 16.0. The van der Waals surface area contributed by atoms with E-state index in [1.165, 1.54) is 22.1 Å². The van der Waals surface area contributed by atoms with E-state index in [1.807, 2.05) is 48.7 Å². The van der Waals surface area contributed by atoms with Gasteiger partial charge in [-0.05, 0) is 34.9 Å². The number of benzene rings is 6. The molecule has 58 heavy (non-hydrogen) atoms. The maximum atomic E-state index is 14.0. The van der Waals surface area contributed by atoms with Crippen molar-refractivity contribution in [1.82, 2.24) is 14.5 Å². The Kier molecular flexibility index (Phi) is 11.1. The molecule has 0 bridgehead atoms. The molecule has 293 valence electrons. The van der Waals surface area contributed by atoms with Crippen molar-refractivity contribution in [2.24, 2.45) is 5.92 Å². The molecule has 9 aromatic rings. The molecule has 0 atom stereocenters. The second kappa shape index (κ2) is 17.4. The molecular formula is C51H46FGeIrN3O-2. The maximum Gasteiger partial charge on any atom is 0 e. The van der Waals surface area contributed by atoms with Crippen LogP contribution in [0, 0.1) is 30.7 Å². The molecule has 0 aliphatic carbocycles. The summed E-state index contributed by atoms with van der Waals surface area (Å²) in [5.74, 6) is 8.20. The van der Waals surface area contributed by atoms with Crippen molar-refractivity contribution in [3.63, 3.8) is 0 Å². The van der Waals surface area contributed by atoms with Crippen molar-refractivity contribution in [2.45, 2.75) is 50.9 Å². The van der Waals surface area contributed by atoms with Crippen molar-refractivity contribution < 1.29 is 33.0 Å². The Bertz CT molecular complexity index is 2940. The summed E-state index contributed by atoms with van der Waals surface area (Å²) in [5.41, 5.74) is 10.8. The minimum Gasteiger partial charge on any atom is 0 e. The third-order valence-corrected chi connectivity index (χ3v) is 14.5. The number of furan rings is 1. The van der Waals surface area contributed by atoms with Gasteiger partial charge in [0.25, 0.3) is 0 Å². The average molecular weight is 1000 g/mol. The predicted molar refractivity (Wildman–Crippen MR) is 237 cm³/mol. The Labute approximate surface area is 361 Å². The van der Waals surface area contributed by atoms with Crippen LogP contribution in [0.25, 0.3) is 66.7 Å². The van der Waals surface area contributed by atoms with Crippen LogP contribution in [-0.4, -0.2) is 27.8 Å². The second-order valence-corrected chi connectivity index (χ2v) is 26.6. The molecule has 0 aliphatic rings. The van der Waals surface area contributed by atoms with Crippen LogP contribution in [-0.2, 0) is 33.1 Å². The number of hydrogen-bond donors (Lipinski definition) is 0. The van der Waals surface area contributed by atoms with Gasteiger partial charge >= 0.3 is 136 Å². The van der Waals surface area contributed by atoms with E-state index in [-0.39, 0.29) is 25.9 Å². The zero-order valence-electron chi connectivity index (χ0n) is 36.2. The topological polar surface area (TPSA) is 43.9 Å². The Morgan fingerprint density at radius 2 is 1.53 bits per heavy atom. The van der Waals surface area contributed by atoms with Crippen molar-refractivity contribution in [3.05, 3.63) is 174 Å². The molecule has 0 saturated carbocycles. The minimum absolute atomic E-state index is 0. The van der Waals surface area contributed by atoms with Gasteiger partial charge in [0.1, 0.15) is 11.4 Å². The first-order chi connectivity index (χ1) is 28.7. The van der Waals surface area contributed by atoms with E-state index in [9.17, 15) is 4.39 Å². The van der Waals surface area contributed by atoms with Crippen LogP contribution in [0.1, 0.15) is 34.7 Å². The summed E-state index contributed by atoms with van der Waals surface area (Å²) in [4.78, 5) is 9.48. The summed E-state index contributed by atoms with van der Waals surface area (Å²) in [6.45, 7) is 3.00. The molecule has 1 radical (unpaired) electrons. The summed E-state index contributed by atoms with van der Waals surface area (Å²) in [5, 5.41) is 2.04. The van der Waals surface area contributed by atoms with Gasteiger partial charge in [-0.2, -0.15) is 0 Å². The van der Waals surface area contributed by atoms with E-state index in [2.05, 4.69) is 107 Å². The predicted octanol–water partition coefficient (Wildman–Crippen LogP) is 12.9. The Balaban J connectivity index is 0.000000197. The van der Waals surface area contributed by atoms with Gasteiger partial charge in [0, 0.05) is 38.1 Å². The molecule has 0 aliphatic heterocycles. The molecule has 3 heterocycles. The molecule has 0 saturated heterocycles. The monoisotopic (exact) mass is 1010 g/mol. The van der Waals surface area contributed by atoms with Crippen LogP contribution in [0.5, 0.6) is 0 Å². The smallest absolute Gasteiger partial charge is 0 e.